The topological polar surface area (TPSA) is 35.8 Å². The number of benzene rings is 1. The molecular weight excluding hydrogens is 184 g/mol. The summed E-state index contributed by atoms with van der Waals surface area (Å²) in [4.78, 5) is 0. The predicted molar refractivity (Wildman–Crippen MR) is 62.4 cm³/mol. The third-order valence-corrected chi connectivity index (χ3v) is 2.72. The van der Waals surface area contributed by atoms with Crippen LogP contribution in [0.3, 0.4) is 0 Å². The smallest absolute Gasteiger partial charge is 0.0675 e. The fraction of sp³-hybridized carbons (Fsp3) is 0.462. The average molecular weight is 202 g/mol. The lowest BCUT2D eigenvalue weighted by Crippen LogP contribution is -2.24. The summed E-state index contributed by atoms with van der Waals surface area (Å²) in [6, 6.07) is 10.8. The fourth-order valence-corrected chi connectivity index (χ4v) is 1.87. The van der Waals surface area contributed by atoms with Crippen molar-refractivity contribution in [3.8, 4) is 6.07 Å². The monoisotopic (exact) mass is 202 g/mol. The minimum absolute atomic E-state index is 0.0387. The van der Waals surface area contributed by atoms with Crippen LogP contribution in [-0.2, 0) is 0 Å². The van der Waals surface area contributed by atoms with Crippen molar-refractivity contribution < 1.29 is 0 Å². The Morgan fingerprint density at radius 3 is 2.67 bits per heavy atom. The van der Waals surface area contributed by atoms with Crippen LogP contribution in [0.25, 0.3) is 0 Å². The normalized spacial score (nSPS) is 14.3. The molecule has 2 atom stereocenters. The molecule has 1 N–H and O–H groups in total. The Hall–Kier alpha value is -1.33. The van der Waals surface area contributed by atoms with E-state index < -0.39 is 0 Å². The molecule has 1 aromatic carbocycles. The summed E-state index contributed by atoms with van der Waals surface area (Å²) >= 11 is 0. The molecule has 0 spiro atoms. The van der Waals surface area contributed by atoms with E-state index >= 15 is 0 Å². The van der Waals surface area contributed by atoms with Gasteiger partial charge in [-0.2, -0.15) is 5.26 Å². The molecule has 0 saturated heterocycles. The van der Waals surface area contributed by atoms with Gasteiger partial charge < -0.3 is 5.32 Å². The van der Waals surface area contributed by atoms with Crippen LogP contribution in [0.1, 0.15) is 30.5 Å². The number of nitrogens with one attached hydrogen (secondary N) is 1. The first-order chi connectivity index (χ1) is 7.22. The van der Waals surface area contributed by atoms with E-state index in [4.69, 9.17) is 5.26 Å². The van der Waals surface area contributed by atoms with Crippen molar-refractivity contribution in [1.29, 1.82) is 5.26 Å². The number of rotatable bonds is 4. The number of nitriles is 1. The van der Waals surface area contributed by atoms with Gasteiger partial charge in [-0.1, -0.05) is 36.8 Å². The maximum atomic E-state index is 9.07. The van der Waals surface area contributed by atoms with Gasteiger partial charge in [-0.15, -0.1) is 0 Å². The number of hydrogen-bond acceptors (Lipinski definition) is 2. The molecule has 0 heterocycles. The van der Waals surface area contributed by atoms with Gasteiger partial charge >= 0.3 is 0 Å². The maximum Gasteiger partial charge on any atom is 0.0675 e. The predicted octanol–water partition coefficient (Wildman–Crippen LogP) is 2.81. The maximum absolute atomic E-state index is 9.07. The van der Waals surface area contributed by atoms with E-state index in [-0.39, 0.29) is 12.0 Å². The van der Waals surface area contributed by atoms with Crippen LogP contribution in [0.2, 0.25) is 0 Å². The molecule has 0 fully saturated rings. The van der Waals surface area contributed by atoms with Gasteiger partial charge in [0.1, 0.15) is 0 Å². The molecule has 0 saturated carbocycles. The van der Waals surface area contributed by atoms with Crippen molar-refractivity contribution in [3.63, 3.8) is 0 Å². The second kappa shape index (κ2) is 5.53. The molecule has 15 heavy (non-hydrogen) atoms. The van der Waals surface area contributed by atoms with Crippen molar-refractivity contribution in [2.45, 2.75) is 26.3 Å². The van der Waals surface area contributed by atoms with Crippen LogP contribution in [-0.4, -0.2) is 7.05 Å². The summed E-state index contributed by atoms with van der Waals surface area (Å²) in [7, 11) is 1.91. The Bertz CT molecular complexity index is 352. The molecule has 0 radical (unpaired) electrons. The third-order valence-electron chi connectivity index (χ3n) is 2.72. The minimum atomic E-state index is 0.0387. The zero-order chi connectivity index (χ0) is 11.3. The first-order valence-corrected chi connectivity index (χ1v) is 5.36. The number of aryl methyl sites for hydroxylation is 1. The van der Waals surface area contributed by atoms with Gasteiger partial charge in [0.15, 0.2) is 0 Å². The van der Waals surface area contributed by atoms with Gasteiger partial charge in [0.25, 0.3) is 0 Å². The number of hydrogen-bond donors (Lipinski definition) is 1. The fourth-order valence-electron chi connectivity index (χ4n) is 1.87. The van der Waals surface area contributed by atoms with Crippen molar-refractivity contribution >= 4 is 0 Å². The van der Waals surface area contributed by atoms with Crippen LogP contribution in [0.15, 0.2) is 24.3 Å². The van der Waals surface area contributed by atoms with Crippen molar-refractivity contribution in [1.82, 2.24) is 5.32 Å². The first kappa shape index (κ1) is 11.7. The zero-order valence-corrected chi connectivity index (χ0v) is 9.62. The summed E-state index contributed by atoms with van der Waals surface area (Å²) in [6.07, 6.45) is 0.871. The van der Waals surface area contributed by atoms with Gasteiger partial charge in [0.05, 0.1) is 12.0 Å². The van der Waals surface area contributed by atoms with Crippen LogP contribution in [0.5, 0.6) is 0 Å². The lowest BCUT2D eigenvalue weighted by Gasteiger charge is -2.21. The van der Waals surface area contributed by atoms with E-state index in [9.17, 15) is 0 Å². The van der Waals surface area contributed by atoms with E-state index in [2.05, 4.69) is 36.5 Å². The van der Waals surface area contributed by atoms with Crippen molar-refractivity contribution in [3.05, 3.63) is 35.4 Å². The molecule has 80 valence electrons. The van der Waals surface area contributed by atoms with Gasteiger partial charge in [0.2, 0.25) is 0 Å². The molecule has 0 aliphatic carbocycles. The van der Waals surface area contributed by atoms with E-state index in [0.29, 0.717) is 0 Å². The molecule has 2 unspecified atom stereocenters. The largest absolute Gasteiger partial charge is 0.312 e. The highest BCUT2D eigenvalue weighted by Gasteiger charge is 2.19. The van der Waals surface area contributed by atoms with E-state index in [0.717, 1.165) is 6.42 Å². The zero-order valence-electron chi connectivity index (χ0n) is 9.62. The summed E-state index contributed by atoms with van der Waals surface area (Å²) in [5, 5.41) is 12.3. The molecule has 0 aliphatic heterocycles. The van der Waals surface area contributed by atoms with Crippen molar-refractivity contribution in [2.24, 2.45) is 5.92 Å². The average Bonchev–Trinajstić information content (AvgIpc) is 2.25. The van der Waals surface area contributed by atoms with Crippen LogP contribution in [0, 0.1) is 24.2 Å². The van der Waals surface area contributed by atoms with E-state index in [1.807, 2.05) is 20.0 Å². The van der Waals surface area contributed by atoms with Crippen LogP contribution < -0.4 is 5.32 Å². The van der Waals surface area contributed by atoms with Gasteiger partial charge in [-0.3, -0.25) is 0 Å². The Balaban J connectivity index is 2.97. The highest BCUT2D eigenvalue weighted by atomic mass is 14.9. The van der Waals surface area contributed by atoms with Crippen molar-refractivity contribution in [2.75, 3.05) is 7.05 Å². The summed E-state index contributed by atoms with van der Waals surface area (Å²) < 4.78 is 0. The highest BCUT2D eigenvalue weighted by molar-refractivity contribution is 5.26. The molecule has 2 nitrogen and oxygen atoms in total. The summed E-state index contributed by atoms with van der Waals surface area (Å²) in [6.45, 7) is 4.12. The molecule has 0 amide bonds. The van der Waals surface area contributed by atoms with Gasteiger partial charge in [0, 0.05) is 6.04 Å². The van der Waals surface area contributed by atoms with E-state index in [1.165, 1.54) is 11.1 Å². The SMILES string of the molecule is CCC(C#N)C(NC)c1cccc(C)c1. The molecule has 2 heteroatoms. The van der Waals surface area contributed by atoms with Crippen LogP contribution in [0.4, 0.5) is 0 Å². The van der Waals surface area contributed by atoms with Gasteiger partial charge in [-0.25, -0.2) is 0 Å². The quantitative estimate of drug-likeness (QED) is 0.815. The lowest BCUT2D eigenvalue weighted by atomic mass is 9.91. The van der Waals surface area contributed by atoms with Gasteiger partial charge in [-0.05, 0) is 26.0 Å². The Labute approximate surface area is 91.9 Å². The van der Waals surface area contributed by atoms with Crippen LogP contribution >= 0.6 is 0 Å². The Kier molecular flexibility index (Phi) is 4.33. The minimum Gasteiger partial charge on any atom is -0.312 e. The molecule has 0 aromatic heterocycles. The number of nitrogens with zero attached hydrogens (tertiary/aromatic N) is 1. The standard InChI is InChI=1S/C13H18N2/c1-4-11(9-14)13(15-3)12-7-5-6-10(2)8-12/h5-8,11,13,15H,4H2,1-3H3. The molecular formula is C13H18N2. The first-order valence-electron chi connectivity index (χ1n) is 5.36. The second-order valence-corrected chi connectivity index (χ2v) is 3.82. The summed E-state index contributed by atoms with van der Waals surface area (Å²) in [5.41, 5.74) is 2.44. The highest BCUT2D eigenvalue weighted by Crippen LogP contribution is 2.24. The third kappa shape index (κ3) is 2.81. The molecule has 1 aromatic rings. The lowest BCUT2D eigenvalue weighted by molar-refractivity contribution is 0.449. The Morgan fingerprint density at radius 2 is 2.20 bits per heavy atom. The Morgan fingerprint density at radius 1 is 1.47 bits per heavy atom. The molecule has 0 aliphatic rings. The summed E-state index contributed by atoms with van der Waals surface area (Å²) in [5.74, 6) is 0.0387. The second-order valence-electron chi connectivity index (χ2n) is 3.82. The van der Waals surface area contributed by atoms with E-state index in [1.54, 1.807) is 0 Å². The molecule has 0 bridgehead atoms. The molecule has 1 rings (SSSR count).